The lowest BCUT2D eigenvalue weighted by atomic mass is 9.86. The molecule has 0 aliphatic carbocycles. The fraction of sp³-hybridized carbons (Fsp3) is 0.370. The second-order valence-corrected chi connectivity index (χ2v) is 9.95. The maximum Gasteiger partial charge on any atom is 0.272 e. The van der Waals surface area contributed by atoms with Gasteiger partial charge in [0.2, 0.25) is 5.91 Å². The standard InChI is InChI=1S/C27H33N5O2/c1-27(2,3)23(26(34)28-4)30-25(33)22-21-17-31(5)15-16-32(21)24(29-22)20-13-11-19(12-14-20)18-9-7-6-8-10-18/h6-14,23H,15-17H2,1-5H3,(H,28,34)(H,30,33). The highest BCUT2D eigenvalue weighted by molar-refractivity contribution is 5.98. The number of hydrogen-bond donors (Lipinski definition) is 2. The molecule has 0 radical (unpaired) electrons. The molecule has 7 heteroatoms. The molecule has 2 aromatic carbocycles. The summed E-state index contributed by atoms with van der Waals surface area (Å²) < 4.78 is 2.14. The minimum atomic E-state index is -0.669. The number of likely N-dealkylation sites (N-methyl/N-ethyl adjacent to an activating group) is 2. The van der Waals surface area contributed by atoms with E-state index in [-0.39, 0.29) is 11.8 Å². The molecule has 7 nitrogen and oxygen atoms in total. The summed E-state index contributed by atoms with van der Waals surface area (Å²) in [6, 6.07) is 17.8. The SMILES string of the molecule is CNC(=O)C(NC(=O)c1nc(-c2ccc(-c3ccccc3)cc2)n2c1CN(C)CC2)C(C)(C)C. The molecule has 1 aliphatic rings. The van der Waals surface area contributed by atoms with Crippen LogP contribution in [0.2, 0.25) is 0 Å². The molecule has 0 saturated carbocycles. The molecule has 2 amide bonds. The summed E-state index contributed by atoms with van der Waals surface area (Å²) in [5.74, 6) is 0.234. The van der Waals surface area contributed by atoms with Gasteiger partial charge in [-0.05, 0) is 23.6 Å². The van der Waals surface area contributed by atoms with E-state index in [2.05, 4.69) is 56.5 Å². The fourth-order valence-corrected chi connectivity index (χ4v) is 4.36. The van der Waals surface area contributed by atoms with Gasteiger partial charge in [-0.15, -0.1) is 0 Å². The monoisotopic (exact) mass is 459 g/mol. The Morgan fingerprint density at radius 1 is 0.941 bits per heavy atom. The van der Waals surface area contributed by atoms with Gasteiger partial charge in [-0.3, -0.25) is 14.5 Å². The summed E-state index contributed by atoms with van der Waals surface area (Å²) in [5.41, 5.74) is 4.06. The highest BCUT2D eigenvalue weighted by Gasteiger charge is 2.35. The molecule has 4 rings (SSSR count). The fourth-order valence-electron chi connectivity index (χ4n) is 4.36. The second-order valence-electron chi connectivity index (χ2n) is 9.95. The molecular weight excluding hydrogens is 426 g/mol. The Morgan fingerprint density at radius 2 is 1.56 bits per heavy atom. The van der Waals surface area contributed by atoms with Crippen LogP contribution in [0.4, 0.5) is 0 Å². The third-order valence-electron chi connectivity index (χ3n) is 6.31. The van der Waals surface area contributed by atoms with Gasteiger partial charge in [-0.2, -0.15) is 0 Å². The zero-order valence-corrected chi connectivity index (χ0v) is 20.6. The predicted octanol–water partition coefficient (Wildman–Crippen LogP) is 3.55. The van der Waals surface area contributed by atoms with E-state index in [1.54, 1.807) is 7.05 Å². The molecule has 0 spiro atoms. The van der Waals surface area contributed by atoms with Gasteiger partial charge in [0.05, 0.1) is 5.69 Å². The second kappa shape index (κ2) is 9.43. The molecule has 178 valence electrons. The number of aromatic nitrogens is 2. The van der Waals surface area contributed by atoms with Gasteiger partial charge in [0.15, 0.2) is 5.69 Å². The van der Waals surface area contributed by atoms with Crippen LogP contribution in [0, 0.1) is 5.41 Å². The average Bonchev–Trinajstić information content (AvgIpc) is 3.20. The van der Waals surface area contributed by atoms with E-state index in [9.17, 15) is 9.59 Å². The molecule has 1 atom stereocenters. The van der Waals surface area contributed by atoms with Crippen LogP contribution in [-0.2, 0) is 17.9 Å². The van der Waals surface area contributed by atoms with Crippen LogP contribution in [0.3, 0.4) is 0 Å². The number of fused-ring (bicyclic) bond motifs is 1. The summed E-state index contributed by atoms with van der Waals surface area (Å²) in [5, 5.41) is 5.60. The molecule has 3 aromatic rings. The molecule has 1 unspecified atom stereocenters. The van der Waals surface area contributed by atoms with Crippen molar-refractivity contribution >= 4 is 11.8 Å². The van der Waals surface area contributed by atoms with Crippen molar-refractivity contribution in [2.45, 2.75) is 39.9 Å². The zero-order chi connectivity index (χ0) is 24.5. The van der Waals surface area contributed by atoms with Gasteiger partial charge in [-0.25, -0.2) is 4.98 Å². The van der Waals surface area contributed by atoms with Crippen LogP contribution in [0.15, 0.2) is 54.6 Å². The average molecular weight is 460 g/mol. The Hall–Kier alpha value is -3.45. The molecule has 0 bridgehead atoms. The van der Waals surface area contributed by atoms with Crippen LogP contribution in [0.5, 0.6) is 0 Å². The van der Waals surface area contributed by atoms with Gasteiger partial charge >= 0.3 is 0 Å². The maximum absolute atomic E-state index is 13.4. The normalized spacial score (nSPS) is 14.9. The van der Waals surface area contributed by atoms with Crippen molar-refractivity contribution in [3.63, 3.8) is 0 Å². The predicted molar refractivity (Wildman–Crippen MR) is 134 cm³/mol. The first-order chi connectivity index (χ1) is 16.2. The number of hydrogen-bond acceptors (Lipinski definition) is 4. The number of nitrogens with zero attached hydrogens (tertiary/aromatic N) is 3. The highest BCUT2D eigenvalue weighted by Crippen LogP contribution is 2.29. The summed E-state index contributed by atoms with van der Waals surface area (Å²) in [7, 11) is 3.62. The minimum Gasteiger partial charge on any atom is -0.357 e. The van der Waals surface area contributed by atoms with E-state index in [0.717, 1.165) is 41.3 Å². The first-order valence-corrected chi connectivity index (χ1v) is 11.7. The van der Waals surface area contributed by atoms with Crippen LogP contribution < -0.4 is 10.6 Å². The number of carbonyl (C=O) groups excluding carboxylic acids is 2. The van der Waals surface area contributed by atoms with Crippen LogP contribution in [0.25, 0.3) is 22.5 Å². The van der Waals surface area contributed by atoms with Crippen LogP contribution in [0.1, 0.15) is 37.0 Å². The quantitative estimate of drug-likeness (QED) is 0.612. The van der Waals surface area contributed by atoms with Crippen molar-refractivity contribution in [3.8, 4) is 22.5 Å². The smallest absolute Gasteiger partial charge is 0.272 e. The molecule has 34 heavy (non-hydrogen) atoms. The summed E-state index contributed by atoms with van der Waals surface area (Å²) in [6.07, 6.45) is 0. The number of imidazole rings is 1. The molecule has 0 saturated heterocycles. The van der Waals surface area contributed by atoms with Crippen molar-refractivity contribution in [1.29, 1.82) is 0 Å². The first-order valence-electron chi connectivity index (χ1n) is 11.7. The Bertz CT molecular complexity index is 1180. The van der Waals surface area contributed by atoms with Crippen molar-refractivity contribution < 1.29 is 9.59 Å². The third-order valence-corrected chi connectivity index (χ3v) is 6.31. The zero-order valence-electron chi connectivity index (χ0n) is 20.6. The number of rotatable bonds is 5. The number of nitrogens with one attached hydrogen (secondary N) is 2. The molecule has 2 N–H and O–H groups in total. The molecule has 0 fully saturated rings. The largest absolute Gasteiger partial charge is 0.357 e. The van der Waals surface area contributed by atoms with E-state index >= 15 is 0 Å². The third kappa shape index (κ3) is 4.75. The van der Waals surface area contributed by atoms with Gasteiger partial charge < -0.3 is 15.2 Å². The molecular formula is C27H33N5O2. The van der Waals surface area contributed by atoms with Gasteiger partial charge in [0, 0.05) is 32.2 Å². The minimum absolute atomic E-state index is 0.220. The first kappa shape index (κ1) is 23.7. The van der Waals surface area contributed by atoms with E-state index in [1.165, 1.54) is 0 Å². The highest BCUT2D eigenvalue weighted by atomic mass is 16.2. The lowest BCUT2D eigenvalue weighted by Gasteiger charge is -2.30. The van der Waals surface area contributed by atoms with Gasteiger partial charge in [0.25, 0.3) is 5.91 Å². The van der Waals surface area contributed by atoms with Crippen LogP contribution >= 0.6 is 0 Å². The van der Waals surface area contributed by atoms with E-state index in [4.69, 9.17) is 4.98 Å². The summed E-state index contributed by atoms with van der Waals surface area (Å²) in [6.45, 7) is 8.05. The summed E-state index contributed by atoms with van der Waals surface area (Å²) >= 11 is 0. The molecule has 1 aromatic heterocycles. The van der Waals surface area contributed by atoms with Crippen molar-refractivity contribution in [3.05, 3.63) is 66.0 Å². The van der Waals surface area contributed by atoms with Crippen molar-refractivity contribution in [1.82, 2.24) is 25.1 Å². The van der Waals surface area contributed by atoms with E-state index < -0.39 is 11.5 Å². The van der Waals surface area contributed by atoms with E-state index in [1.807, 2.05) is 46.0 Å². The molecule has 1 aliphatic heterocycles. The van der Waals surface area contributed by atoms with Crippen molar-refractivity contribution in [2.24, 2.45) is 5.41 Å². The number of benzene rings is 2. The van der Waals surface area contributed by atoms with Crippen molar-refractivity contribution in [2.75, 3.05) is 20.6 Å². The number of amides is 2. The Labute approximate surface area is 201 Å². The summed E-state index contributed by atoms with van der Waals surface area (Å²) in [4.78, 5) is 32.9. The number of carbonyl (C=O) groups is 2. The molecule has 2 heterocycles. The van der Waals surface area contributed by atoms with Crippen LogP contribution in [-0.4, -0.2) is 52.9 Å². The Balaban J connectivity index is 1.70. The Kier molecular flexibility index (Phi) is 6.57. The van der Waals surface area contributed by atoms with Gasteiger partial charge in [-0.1, -0.05) is 75.4 Å². The van der Waals surface area contributed by atoms with Gasteiger partial charge in [0.1, 0.15) is 11.9 Å². The topological polar surface area (TPSA) is 79.3 Å². The lowest BCUT2D eigenvalue weighted by Crippen LogP contribution is -2.53. The maximum atomic E-state index is 13.4. The Morgan fingerprint density at radius 3 is 2.18 bits per heavy atom. The lowest BCUT2D eigenvalue weighted by molar-refractivity contribution is -0.124. The van der Waals surface area contributed by atoms with E-state index in [0.29, 0.717) is 12.2 Å².